The van der Waals surface area contributed by atoms with Crippen molar-refractivity contribution in [3.8, 4) is 0 Å². The maximum atomic E-state index is 11.8. The first-order valence-corrected chi connectivity index (χ1v) is 6.79. The summed E-state index contributed by atoms with van der Waals surface area (Å²) in [7, 11) is 1.36. The third kappa shape index (κ3) is 3.21. The van der Waals surface area contributed by atoms with Gasteiger partial charge in [0.15, 0.2) is 0 Å². The Labute approximate surface area is 110 Å². The molecule has 0 radical (unpaired) electrons. The van der Waals surface area contributed by atoms with Gasteiger partial charge in [-0.1, -0.05) is 24.5 Å². The van der Waals surface area contributed by atoms with Crippen molar-refractivity contribution in [1.29, 1.82) is 0 Å². The van der Waals surface area contributed by atoms with Gasteiger partial charge in [-0.25, -0.2) is 0 Å². The van der Waals surface area contributed by atoms with Crippen molar-refractivity contribution in [1.82, 2.24) is 0 Å². The Hall–Kier alpha value is -1.12. The molecule has 0 saturated heterocycles. The summed E-state index contributed by atoms with van der Waals surface area (Å²) in [6.07, 6.45) is 4.67. The quantitative estimate of drug-likeness (QED) is 0.428. The maximum absolute atomic E-state index is 11.8. The van der Waals surface area contributed by atoms with Crippen LogP contribution in [0.25, 0.3) is 0 Å². The maximum Gasteiger partial charge on any atom is 0.316 e. The molecule has 0 N–H and O–H groups in total. The minimum atomic E-state index is -0.563. The number of methoxy groups -OCH3 is 1. The predicted molar refractivity (Wildman–Crippen MR) is 71.1 cm³/mol. The van der Waals surface area contributed by atoms with E-state index in [0.29, 0.717) is 6.42 Å². The molecule has 3 heteroatoms. The zero-order chi connectivity index (χ0) is 13.7. The van der Waals surface area contributed by atoms with Crippen molar-refractivity contribution in [3.63, 3.8) is 0 Å². The molecule has 0 aromatic carbocycles. The first-order chi connectivity index (χ1) is 8.52. The molecule has 0 bridgehead atoms. The molecule has 1 rings (SSSR count). The Bertz CT molecular complexity index is 355. The molecule has 0 heterocycles. The number of hydrogen-bond acceptors (Lipinski definition) is 3. The topological polar surface area (TPSA) is 43.4 Å². The van der Waals surface area contributed by atoms with Gasteiger partial charge in [0.2, 0.25) is 0 Å². The third-order valence-electron chi connectivity index (χ3n) is 4.04. The van der Waals surface area contributed by atoms with Crippen LogP contribution in [0.2, 0.25) is 0 Å². The van der Waals surface area contributed by atoms with E-state index in [1.54, 1.807) is 0 Å². The average molecular weight is 252 g/mol. The van der Waals surface area contributed by atoms with E-state index in [-0.39, 0.29) is 17.7 Å². The van der Waals surface area contributed by atoms with Gasteiger partial charge in [-0.2, -0.15) is 0 Å². The summed E-state index contributed by atoms with van der Waals surface area (Å²) >= 11 is 0. The summed E-state index contributed by atoms with van der Waals surface area (Å²) in [5.74, 6) is -0.840. The standard InChI is InChI=1S/C15H24O3/c1-5-6-7-10(2)11(3)12-8-9-13(16)14(12)15(17)18-4/h12,14H,5-9H2,1-4H3. The van der Waals surface area contributed by atoms with Gasteiger partial charge in [0.1, 0.15) is 11.7 Å². The molecular formula is C15H24O3. The molecule has 1 fully saturated rings. The highest BCUT2D eigenvalue weighted by Gasteiger charge is 2.41. The van der Waals surface area contributed by atoms with Crippen LogP contribution in [-0.2, 0) is 14.3 Å². The molecule has 18 heavy (non-hydrogen) atoms. The van der Waals surface area contributed by atoms with Crippen LogP contribution in [-0.4, -0.2) is 18.9 Å². The van der Waals surface area contributed by atoms with Crippen molar-refractivity contribution in [3.05, 3.63) is 11.1 Å². The van der Waals surface area contributed by atoms with Gasteiger partial charge in [-0.3, -0.25) is 9.59 Å². The van der Waals surface area contributed by atoms with Crippen molar-refractivity contribution >= 4 is 11.8 Å². The highest BCUT2D eigenvalue weighted by atomic mass is 16.5. The number of ether oxygens (including phenoxy) is 1. The molecule has 0 aromatic rings. The third-order valence-corrected chi connectivity index (χ3v) is 4.04. The molecular weight excluding hydrogens is 228 g/mol. The summed E-state index contributed by atoms with van der Waals surface area (Å²) in [5, 5.41) is 0. The Kier molecular flexibility index (Phi) is 5.57. The summed E-state index contributed by atoms with van der Waals surface area (Å²) < 4.78 is 4.76. The largest absolute Gasteiger partial charge is 0.468 e. The number of hydrogen-bond donors (Lipinski definition) is 0. The molecule has 1 aliphatic carbocycles. The monoisotopic (exact) mass is 252 g/mol. The van der Waals surface area contributed by atoms with Crippen molar-refractivity contribution in [2.24, 2.45) is 11.8 Å². The number of unbranched alkanes of at least 4 members (excludes halogenated alkanes) is 1. The number of esters is 1. The minimum Gasteiger partial charge on any atom is -0.468 e. The van der Waals surface area contributed by atoms with E-state index < -0.39 is 5.92 Å². The molecule has 3 nitrogen and oxygen atoms in total. The number of carbonyl (C=O) groups excluding carboxylic acids is 2. The minimum absolute atomic E-state index is 0.0366. The van der Waals surface area contributed by atoms with Crippen LogP contribution in [0.15, 0.2) is 11.1 Å². The Morgan fingerprint density at radius 3 is 2.61 bits per heavy atom. The first kappa shape index (κ1) is 14.9. The van der Waals surface area contributed by atoms with E-state index in [2.05, 4.69) is 20.8 Å². The van der Waals surface area contributed by atoms with Gasteiger partial charge in [0.25, 0.3) is 0 Å². The fourth-order valence-electron chi connectivity index (χ4n) is 2.69. The highest BCUT2D eigenvalue weighted by molar-refractivity contribution is 6.01. The fraction of sp³-hybridized carbons (Fsp3) is 0.733. The summed E-state index contributed by atoms with van der Waals surface area (Å²) in [5.41, 5.74) is 2.54. The van der Waals surface area contributed by atoms with E-state index >= 15 is 0 Å². The van der Waals surface area contributed by atoms with Gasteiger partial charge in [0.05, 0.1) is 7.11 Å². The van der Waals surface area contributed by atoms with Crippen molar-refractivity contribution < 1.29 is 14.3 Å². The zero-order valence-electron chi connectivity index (χ0n) is 11.9. The lowest BCUT2D eigenvalue weighted by molar-refractivity contribution is -0.149. The van der Waals surface area contributed by atoms with Crippen LogP contribution in [0, 0.1) is 11.8 Å². The first-order valence-electron chi connectivity index (χ1n) is 6.79. The van der Waals surface area contributed by atoms with Crippen LogP contribution in [0.4, 0.5) is 0 Å². The lowest BCUT2D eigenvalue weighted by Gasteiger charge is -2.19. The number of allylic oxidation sites excluding steroid dienone is 2. The van der Waals surface area contributed by atoms with Crippen LogP contribution in [0.5, 0.6) is 0 Å². The van der Waals surface area contributed by atoms with Crippen LogP contribution in [0.3, 0.4) is 0 Å². The highest BCUT2D eigenvalue weighted by Crippen LogP contribution is 2.37. The van der Waals surface area contributed by atoms with E-state index in [0.717, 1.165) is 25.7 Å². The van der Waals surface area contributed by atoms with Crippen LogP contribution >= 0.6 is 0 Å². The second kappa shape index (κ2) is 6.72. The summed E-state index contributed by atoms with van der Waals surface area (Å²) in [4.78, 5) is 23.5. The summed E-state index contributed by atoms with van der Waals surface area (Å²) in [6, 6.07) is 0. The summed E-state index contributed by atoms with van der Waals surface area (Å²) in [6.45, 7) is 6.34. The van der Waals surface area contributed by atoms with E-state index in [1.165, 1.54) is 18.3 Å². The van der Waals surface area contributed by atoms with Crippen LogP contribution < -0.4 is 0 Å². The molecule has 0 aliphatic heterocycles. The molecule has 102 valence electrons. The number of ketones is 1. The average Bonchev–Trinajstić information content (AvgIpc) is 2.75. The van der Waals surface area contributed by atoms with E-state index in [9.17, 15) is 9.59 Å². The van der Waals surface area contributed by atoms with Gasteiger partial charge in [-0.05, 0) is 33.1 Å². The molecule has 0 aromatic heterocycles. The normalized spacial score (nSPS) is 25.0. The SMILES string of the molecule is CCCCC(C)=C(C)C1CCC(=O)C1C(=O)OC. The molecule has 1 aliphatic rings. The van der Waals surface area contributed by atoms with E-state index in [4.69, 9.17) is 4.74 Å². The molecule has 1 saturated carbocycles. The lowest BCUT2D eigenvalue weighted by atomic mass is 9.85. The Balaban J connectivity index is 2.86. The number of carbonyl (C=O) groups is 2. The van der Waals surface area contributed by atoms with Crippen molar-refractivity contribution in [2.75, 3.05) is 7.11 Å². The second-order valence-corrected chi connectivity index (χ2v) is 5.18. The van der Waals surface area contributed by atoms with Crippen molar-refractivity contribution in [2.45, 2.75) is 52.9 Å². The van der Waals surface area contributed by atoms with Crippen LogP contribution in [0.1, 0.15) is 52.9 Å². The number of Topliss-reactive ketones (excluding diaryl/α,β-unsaturated/α-hetero) is 1. The Morgan fingerprint density at radius 2 is 2.06 bits per heavy atom. The van der Waals surface area contributed by atoms with Gasteiger partial charge in [-0.15, -0.1) is 0 Å². The smallest absolute Gasteiger partial charge is 0.316 e. The zero-order valence-corrected chi connectivity index (χ0v) is 11.9. The fourth-order valence-corrected chi connectivity index (χ4v) is 2.69. The lowest BCUT2D eigenvalue weighted by Crippen LogP contribution is -2.27. The second-order valence-electron chi connectivity index (χ2n) is 5.18. The van der Waals surface area contributed by atoms with Gasteiger partial charge < -0.3 is 4.74 Å². The molecule has 0 spiro atoms. The van der Waals surface area contributed by atoms with E-state index in [1.807, 2.05) is 0 Å². The molecule has 2 unspecified atom stereocenters. The molecule has 2 atom stereocenters. The molecule has 0 amide bonds. The number of rotatable bonds is 5. The van der Waals surface area contributed by atoms with Gasteiger partial charge >= 0.3 is 5.97 Å². The predicted octanol–water partition coefficient (Wildman–Crippen LogP) is 3.28. The Morgan fingerprint density at radius 1 is 1.39 bits per heavy atom. The van der Waals surface area contributed by atoms with Gasteiger partial charge in [0, 0.05) is 12.3 Å².